The van der Waals surface area contributed by atoms with Crippen LogP contribution in [0.15, 0.2) is 67.4 Å². The zero-order chi connectivity index (χ0) is 34.2. The molecular weight excluding hydrogens is 766 g/mol. The second-order valence-electron chi connectivity index (χ2n) is 8.64. The molecule has 0 fully saturated rings. The maximum Gasteiger partial charge on any atom is 0.397 e. The predicted molar refractivity (Wildman–Crippen MR) is 164 cm³/mol. The molecule has 0 aliphatic carbocycles. The minimum Gasteiger partial charge on any atom is -0.505 e. The summed E-state index contributed by atoms with van der Waals surface area (Å²) < 4.78 is 127. The molecule has 4 aromatic rings. The van der Waals surface area contributed by atoms with Gasteiger partial charge in [-0.2, -0.15) is 45.3 Å². The van der Waals surface area contributed by atoms with Crippen molar-refractivity contribution >= 4 is 127 Å². The number of aromatic nitrogens is 3. The van der Waals surface area contributed by atoms with E-state index < -0.39 is 84.8 Å². The molecule has 1 radical (unpaired) electrons. The quantitative estimate of drug-likeness (QED) is 0.0830. The van der Waals surface area contributed by atoms with Crippen LogP contribution in [0.3, 0.4) is 0 Å². The summed E-state index contributed by atoms with van der Waals surface area (Å²) in [5, 5.41) is 19.4. The fourth-order valence-corrected chi connectivity index (χ4v) is 6.93. The van der Waals surface area contributed by atoms with Gasteiger partial charge in [0.15, 0.2) is 15.6 Å². The molecule has 3 aromatic carbocycles. The van der Waals surface area contributed by atoms with Gasteiger partial charge in [-0.05, 0) is 65.7 Å². The third-order valence-electron chi connectivity index (χ3n) is 5.60. The molecule has 0 amide bonds. The van der Waals surface area contributed by atoms with Crippen LogP contribution in [0.1, 0.15) is 0 Å². The molecular formula is C21H16Cl2N6NaO13S4. The Morgan fingerprint density at radius 1 is 0.787 bits per heavy atom. The van der Waals surface area contributed by atoms with Crippen LogP contribution in [0.5, 0.6) is 5.75 Å². The first-order valence-electron chi connectivity index (χ1n) is 11.6. The molecule has 0 aliphatic heterocycles. The number of anilines is 2. The third-order valence-corrected chi connectivity index (χ3v) is 9.88. The van der Waals surface area contributed by atoms with Crippen LogP contribution in [0, 0.1) is 0 Å². The van der Waals surface area contributed by atoms with Crippen molar-refractivity contribution in [2.45, 2.75) is 14.7 Å². The van der Waals surface area contributed by atoms with Gasteiger partial charge >= 0.3 is 10.4 Å². The Morgan fingerprint density at radius 3 is 1.89 bits per heavy atom. The summed E-state index contributed by atoms with van der Waals surface area (Å²) in [6.07, 6.45) is 0. The van der Waals surface area contributed by atoms with E-state index in [4.69, 9.17) is 27.8 Å². The molecule has 0 saturated carbocycles. The Hall–Kier alpha value is -2.65. The zero-order valence-corrected chi connectivity index (χ0v) is 29.8. The van der Waals surface area contributed by atoms with E-state index in [1.807, 2.05) is 0 Å². The Labute approximate surface area is 297 Å². The van der Waals surface area contributed by atoms with Gasteiger partial charge < -0.3 is 10.4 Å². The summed E-state index contributed by atoms with van der Waals surface area (Å²) in [6, 6.07) is 6.67. The van der Waals surface area contributed by atoms with Gasteiger partial charge in [-0.3, -0.25) is 13.7 Å². The van der Waals surface area contributed by atoms with Gasteiger partial charge in [-0.25, -0.2) is 12.6 Å². The molecule has 247 valence electrons. The summed E-state index contributed by atoms with van der Waals surface area (Å²) in [4.78, 5) is 8.76. The van der Waals surface area contributed by atoms with Crippen LogP contribution < -0.4 is 5.32 Å². The van der Waals surface area contributed by atoms with E-state index in [1.165, 1.54) is 0 Å². The monoisotopic (exact) mass is 781 g/mol. The number of aromatic hydroxyl groups is 1. The number of hydrogen-bond acceptors (Lipinski definition) is 16. The van der Waals surface area contributed by atoms with Gasteiger partial charge in [0.25, 0.3) is 20.2 Å². The zero-order valence-electron chi connectivity index (χ0n) is 23.0. The standard InChI is InChI=1S/C21H16Cl2N6O13S4.Na/c22-19-25-20(23)27-21(26-19)24-13-5-6-14(44(33,34)35)12-9-15(45(36,37)38)17(18(30)16(12)13)29-28-10-1-3-11(4-2-10)43(31,32)8-7-42-46(39,40)41;/h1-6,9,30H,7-8H2,(H,33,34,35)(H,36,37,38)(H,39,40,41)(H,24,25,26,27);. The van der Waals surface area contributed by atoms with Crippen LogP contribution in [0.4, 0.5) is 23.0 Å². The van der Waals surface area contributed by atoms with Crippen molar-refractivity contribution in [2.75, 3.05) is 17.7 Å². The van der Waals surface area contributed by atoms with E-state index in [1.54, 1.807) is 0 Å². The number of benzene rings is 3. The Kier molecular flexibility index (Phi) is 11.9. The van der Waals surface area contributed by atoms with E-state index in [0.29, 0.717) is 6.07 Å². The molecule has 0 spiro atoms. The summed E-state index contributed by atoms with van der Waals surface area (Å²) >= 11 is 11.6. The van der Waals surface area contributed by atoms with Crippen LogP contribution in [0.2, 0.25) is 10.6 Å². The molecule has 0 unspecified atom stereocenters. The summed E-state index contributed by atoms with van der Waals surface area (Å²) in [7, 11) is -19.3. The summed E-state index contributed by atoms with van der Waals surface area (Å²) in [5.41, 5.74) is -1.26. The molecule has 0 bridgehead atoms. The molecule has 4 rings (SSSR count). The Morgan fingerprint density at radius 2 is 1.36 bits per heavy atom. The summed E-state index contributed by atoms with van der Waals surface area (Å²) in [5.74, 6) is -2.22. The van der Waals surface area contributed by atoms with Gasteiger partial charge in [0.05, 0.1) is 34.0 Å². The van der Waals surface area contributed by atoms with Crippen molar-refractivity contribution in [1.82, 2.24) is 15.0 Å². The van der Waals surface area contributed by atoms with Crippen molar-refractivity contribution in [1.29, 1.82) is 0 Å². The number of phenols is 1. The largest absolute Gasteiger partial charge is 0.505 e. The van der Waals surface area contributed by atoms with Crippen LogP contribution >= 0.6 is 23.2 Å². The minimum atomic E-state index is -5.27. The molecule has 5 N–H and O–H groups in total. The normalized spacial score (nSPS) is 12.7. The van der Waals surface area contributed by atoms with E-state index in [0.717, 1.165) is 36.4 Å². The number of rotatable bonds is 11. The molecule has 47 heavy (non-hydrogen) atoms. The van der Waals surface area contributed by atoms with E-state index in [-0.39, 0.29) is 62.3 Å². The van der Waals surface area contributed by atoms with Gasteiger partial charge in [-0.15, -0.1) is 5.11 Å². The van der Waals surface area contributed by atoms with Gasteiger partial charge in [0.1, 0.15) is 15.5 Å². The van der Waals surface area contributed by atoms with Gasteiger partial charge in [0, 0.05) is 34.9 Å². The van der Waals surface area contributed by atoms with E-state index in [2.05, 4.69) is 34.7 Å². The average molecular weight is 783 g/mol. The second-order valence-corrected chi connectivity index (χ2v) is 15.3. The van der Waals surface area contributed by atoms with Gasteiger partial charge in [-0.1, -0.05) is 0 Å². The van der Waals surface area contributed by atoms with Crippen LogP contribution in [-0.2, 0) is 44.7 Å². The fourth-order valence-electron chi connectivity index (χ4n) is 3.75. The number of fused-ring (bicyclic) bond motifs is 1. The molecule has 0 saturated heterocycles. The number of phenolic OH excluding ortho intramolecular Hbond substituents is 1. The SMILES string of the molecule is O=S(=O)(O)OCCS(=O)(=O)c1ccc(N=Nc2c(S(=O)(=O)O)cc3c(S(=O)(=O)O)ccc(Nc4nc(Cl)nc(Cl)n4)c3c2O)cc1.[Na]. The first-order valence-corrected chi connectivity index (χ1v) is 18.3. The molecule has 0 aliphatic rings. The molecule has 1 aromatic heterocycles. The van der Waals surface area contributed by atoms with Crippen molar-refractivity contribution < 1.29 is 56.6 Å². The van der Waals surface area contributed by atoms with Crippen molar-refractivity contribution in [3.63, 3.8) is 0 Å². The smallest absolute Gasteiger partial charge is 0.397 e. The Bertz CT molecular complexity index is 2330. The Balaban J connectivity index is 0.00000600. The maximum absolute atomic E-state index is 12.4. The van der Waals surface area contributed by atoms with Crippen molar-refractivity contribution in [2.24, 2.45) is 10.2 Å². The van der Waals surface area contributed by atoms with Gasteiger partial charge in [0.2, 0.25) is 16.5 Å². The number of halogens is 2. The molecule has 26 heteroatoms. The first kappa shape index (κ1) is 38.8. The first-order chi connectivity index (χ1) is 21.2. The van der Waals surface area contributed by atoms with Crippen LogP contribution in [0.25, 0.3) is 10.8 Å². The van der Waals surface area contributed by atoms with E-state index >= 15 is 0 Å². The topological polar surface area (TPSA) is 302 Å². The van der Waals surface area contributed by atoms with Crippen molar-refractivity contribution in [3.05, 3.63) is 53.0 Å². The molecule has 0 atom stereocenters. The maximum atomic E-state index is 12.4. The number of sulfone groups is 1. The second kappa shape index (κ2) is 14.5. The number of nitrogens with one attached hydrogen (secondary N) is 1. The average Bonchev–Trinajstić information content (AvgIpc) is 2.90. The number of hydrogen-bond donors (Lipinski definition) is 5. The molecule has 19 nitrogen and oxygen atoms in total. The predicted octanol–water partition coefficient (Wildman–Crippen LogP) is 2.90. The third kappa shape index (κ3) is 9.71. The van der Waals surface area contributed by atoms with E-state index in [9.17, 15) is 47.9 Å². The molecule has 1 heterocycles. The summed E-state index contributed by atoms with van der Waals surface area (Å²) in [6.45, 7) is -0.883. The van der Waals surface area contributed by atoms with Crippen LogP contribution in [-0.4, -0.2) is 109 Å². The number of nitrogens with zero attached hydrogens (tertiary/aromatic N) is 5. The fraction of sp³-hybridized carbons (Fsp3) is 0.0952. The minimum absolute atomic E-state index is 0. The number of azo groups is 1. The van der Waals surface area contributed by atoms with Crippen molar-refractivity contribution in [3.8, 4) is 5.75 Å².